The number of ether oxygens (including phenoxy) is 1. The second-order valence-electron chi connectivity index (χ2n) is 9.35. The molecule has 6 heterocycles. The molecule has 0 radical (unpaired) electrons. The zero-order valence-corrected chi connectivity index (χ0v) is 18.6. The summed E-state index contributed by atoms with van der Waals surface area (Å²) in [6.45, 7) is 5.84. The third-order valence-electron chi connectivity index (χ3n) is 6.54. The van der Waals surface area contributed by atoms with Crippen molar-refractivity contribution in [2.75, 3.05) is 13.1 Å². The van der Waals surface area contributed by atoms with Gasteiger partial charge in [-0.05, 0) is 44.4 Å². The molecule has 0 spiro atoms. The maximum atomic E-state index is 13.2. The van der Waals surface area contributed by atoms with Crippen LogP contribution in [0.3, 0.4) is 0 Å². The van der Waals surface area contributed by atoms with E-state index in [9.17, 15) is 9.59 Å². The van der Waals surface area contributed by atoms with Crippen molar-refractivity contribution in [1.82, 2.24) is 19.4 Å². The smallest absolute Gasteiger partial charge is 0.297 e. The Balaban J connectivity index is 1.53. The fourth-order valence-corrected chi connectivity index (χ4v) is 4.84. The molecule has 9 heteroatoms. The zero-order valence-electron chi connectivity index (χ0n) is 18.6. The van der Waals surface area contributed by atoms with Gasteiger partial charge in [-0.2, -0.15) is 0 Å². The van der Waals surface area contributed by atoms with Crippen LogP contribution >= 0.6 is 0 Å². The van der Waals surface area contributed by atoms with E-state index in [1.807, 2.05) is 19.9 Å². The predicted octanol–water partition coefficient (Wildman–Crippen LogP) is 3.27. The second kappa shape index (κ2) is 7.28. The van der Waals surface area contributed by atoms with Crippen LogP contribution in [0, 0.1) is 0 Å². The number of furan rings is 2. The molecule has 0 unspecified atom stereocenters. The van der Waals surface area contributed by atoms with Crippen molar-refractivity contribution in [3.63, 3.8) is 0 Å². The summed E-state index contributed by atoms with van der Waals surface area (Å²) in [4.78, 5) is 36.9. The standard InChI is InChI=1S/C24H24N4O5/c1-24(2)10-14-15(12-32-24)19(16-6-5-9-31-16)26-22-18(14)20-21(33-22)23(30)28(13-25-20)11-17(29)27-7-3-4-8-27/h5-6,9,13H,3-4,7-8,10-12H2,1-2H3. The lowest BCUT2D eigenvalue weighted by atomic mass is 9.89. The summed E-state index contributed by atoms with van der Waals surface area (Å²) in [5.41, 5.74) is 2.69. The Morgan fingerprint density at radius 1 is 1.21 bits per heavy atom. The number of fused-ring (bicyclic) bond motifs is 5. The summed E-state index contributed by atoms with van der Waals surface area (Å²) < 4.78 is 19.0. The van der Waals surface area contributed by atoms with Gasteiger partial charge in [0.1, 0.15) is 17.8 Å². The number of nitrogens with zero attached hydrogens (tertiary/aromatic N) is 4. The highest BCUT2D eigenvalue weighted by atomic mass is 16.5. The minimum atomic E-state index is -0.386. The first kappa shape index (κ1) is 20.2. The summed E-state index contributed by atoms with van der Waals surface area (Å²) in [6, 6.07) is 3.64. The first-order valence-corrected chi connectivity index (χ1v) is 11.2. The summed E-state index contributed by atoms with van der Waals surface area (Å²) in [7, 11) is 0. The lowest BCUT2D eigenvalue weighted by Crippen LogP contribution is -2.34. The Labute approximate surface area is 189 Å². The molecule has 0 aromatic carbocycles. The number of hydrogen-bond donors (Lipinski definition) is 0. The van der Waals surface area contributed by atoms with Gasteiger partial charge in [-0.25, -0.2) is 9.97 Å². The van der Waals surface area contributed by atoms with E-state index in [4.69, 9.17) is 18.6 Å². The first-order chi connectivity index (χ1) is 15.9. The number of hydrogen-bond acceptors (Lipinski definition) is 7. The number of likely N-dealkylation sites (tertiary alicyclic amines) is 1. The molecule has 0 N–H and O–H groups in total. The third kappa shape index (κ3) is 3.26. The minimum absolute atomic E-state index is 0.0527. The van der Waals surface area contributed by atoms with E-state index in [1.165, 1.54) is 10.9 Å². The molecule has 9 nitrogen and oxygen atoms in total. The lowest BCUT2D eigenvalue weighted by Gasteiger charge is -2.32. The van der Waals surface area contributed by atoms with Gasteiger partial charge >= 0.3 is 0 Å². The molecule has 1 amide bonds. The molecule has 0 aliphatic carbocycles. The monoisotopic (exact) mass is 448 g/mol. The molecule has 4 aromatic rings. The number of carbonyl (C=O) groups excluding carboxylic acids is 1. The molecular formula is C24H24N4O5. The number of amides is 1. The van der Waals surface area contributed by atoms with E-state index in [0.717, 1.165) is 42.4 Å². The van der Waals surface area contributed by atoms with E-state index in [-0.39, 0.29) is 29.2 Å². The topological polar surface area (TPSA) is 104 Å². The van der Waals surface area contributed by atoms with Gasteiger partial charge in [0, 0.05) is 25.1 Å². The average molecular weight is 448 g/mol. The molecule has 2 aliphatic heterocycles. The van der Waals surface area contributed by atoms with Crippen LogP contribution in [0.5, 0.6) is 0 Å². The van der Waals surface area contributed by atoms with Crippen molar-refractivity contribution in [3.8, 4) is 11.5 Å². The zero-order chi connectivity index (χ0) is 22.7. The van der Waals surface area contributed by atoms with E-state index in [2.05, 4.69) is 4.98 Å². The average Bonchev–Trinajstić information content (AvgIpc) is 3.55. The Morgan fingerprint density at radius 3 is 2.79 bits per heavy atom. The molecule has 1 fully saturated rings. The van der Waals surface area contributed by atoms with Crippen LogP contribution in [0.15, 0.2) is 38.4 Å². The molecule has 0 bridgehead atoms. The summed E-state index contributed by atoms with van der Waals surface area (Å²) in [5, 5.41) is 0.724. The van der Waals surface area contributed by atoms with Crippen molar-refractivity contribution < 1.29 is 18.4 Å². The molecular weight excluding hydrogens is 424 g/mol. The maximum absolute atomic E-state index is 13.2. The second-order valence-corrected chi connectivity index (χ2v) is 9.35. The van der Waals surface area contributed by atoms with Gasteiger partial charge in [-0.1, -0.05) is 0 Å². The Kier molecular flexibility index (Phi) is 4.45. The predicted molar refractivity (Wildman–Crippen MR) is 120 cm³/mol. The molecule has 0 saturated carbocycles. The summed E-state index contributed by atoms with van der Waals surface area (Å²) in [5.74, 6) is 0.528. The minimum Gasteiger partial charge on any atom is -0.463 e. The Hall–Kier alpha value is -3.46. The fraction of sp³-hybridized carbons (Fsp3) is 0.417. The molecule has 1 saturated heterocycles. The summed E-state index contributed by atoms with van der Waals surface area (Å²) >= 11 is 0. The van der Waals surface area contributed by atoms with Gasteiger partial charge < -0.3 is 18.5 Å². The molecule has 2 aliphatic rings. The van der Waals surface area contributed by atoms with Gasteiger partial charge in [0.15, 0.2) is 5.76 Å². The van der Waals surface area contributed by atoms with Crippen LogP contribution in [-0.4, -0.2) is 44.0 Å². The highest BCUT2D eigenvalue weighted by Crippen LogP contribution is 2.40. The lowest BCUT2D eigenvalue weighted by molar-refractivity contribution is -0.130. The largest absolute Gasteiger partial charge is 0.463 e. The highest BCUT2D eigenvalue weighted by molar-refractivity contribution is 6.04. The third-order valence-corrected chi connectivity index (χ3v) is 6.54. The first-order valence-electron chi connectivity index (χ1n) is 11.2. The van der Waals surface area contributed by atoms with Gasteiger partial charge in [-0.3, -0.25) is 14.2 Å². The Morgan fingerprint density at radius 2 is 2.03 bits per heavy atom. The van der Waals surface area contributed by atoms with Crippen LogP contribution in [0.25, 0.3) is 33.7 Å². The van der Waals surface area contributed by atoms with Gasteiger partial charge in [0.25, 0.3) is 5.56 Å². The van der Waals surface area contributed by atoms with Crippen LogP contribution in [0.4, 0.5) is 0 Å². The number of aromatic nitrogens is 3. The molecule has 0 atom stereocenters. The van der Waals surface area contributed by atoms with Crippen molar-refractivity contribution in [2.24, 2.45) is 0 Å². The van der Waals surface area contributed by atoms with Crippen LogP contribution in [0.1, 0.15) is 37.8 Å². The Bertz CT molecular complexity index is 1440. The quantitative estimate of drug-likeness (QED) is 0.474. The van der Waals surface area contributed by atoms with Crippen molar-refractivity contribution in [1.29, 1.82) is 0 Å². The van der Waals surface area contributed by atoms with E-state index >= 15 is 0 Å². The molecule has 170 valence electrons. The molecule has 4 aromatic heterocycles. The van der Waals surface area contributed by atoms with Gasteiger partial charge in [-0.15, -0.1) is 0 Å². The van der Waals surface area contributed by atoms with E-state index < -0.39 is 0 Å². The van der Waals surface area contributed by atoms with Gasteiger partial charge in [0.05, 0.1) is 30.2 Å². The van der Waals surface area contributed by atoms with Gasteiger partial charge in [0.2, 0.25) is 17.2 Å². The maximum Gasteiger partial charge on any atom is 0.297 e. The van der Waals surface area contributed by atoms with E-state index in [1.54, 1.807) is 17.2 Å². The number of rotatable bonds is 3. The normalized spacial score (nSPS) is 17.7. The van der Waals surface area contributed by atoms with Crippen LogP contribution in [0.2, 0.25) is 0 Å². The molecule has 6 rings (SSSR count). The SMILES string of the molecule is CC1(C)Cc2c(c(-c3ccco3)nc3oc4c(=O)n(CC(=O)N5CCCC5)cnc4c23)CO1. The van der Waals surface area contributed by atoms with Crippen molar-refractivity contribution in [3.05, 3.63) is 46.2 Å². The highest BCUT2D eigenvalue weighted by Gasteiger charge is 2.33. The van der Waals surface area contributed by atoms with Crippen LogP contribution in [-0.2, 0) is 29.1 Å². The van der Waals surface area contributed by atoms with Crippen molar-refractivity contribution in [2.45, 2.75) is 51.9 Å². The van der Waals surface area contributed by atoms with Crippen LogP contribution < -0.4 is 5.56 Å². The fourth-order valence-electron chi connectivity index (χ4n) is 4.84. The number of carbonyl (C=O) groups is 1. The van der Waals surface area contributed by atoms with Crippen molar-refractivity contribution >= 4 is 28.1 Å². The molecule has 33 heavy (non-hydrogen) atoms. The van der Waals surface area contributed by atoms with E-state index in [0.29, 0.717) is 35.7 Å². The number of pyridine rings is 1. The summed E-state index contributed by atoms with van der Waals surface area (Å²) in [6.07, 6.45) is 5.64.